The Morgan fingerprint density at radius 3 is 2.48 bits per heavy atom. The van der Waals surface area contributed by atoms with E-state index in [0.717, 1.165) is 49.4 Å². The van der Waals surface area contributed by atoms with Gasteiger partial charge in [0.2, 0.25) is 0 Å². The fourth-order valence-corrected chi connectivity index (χ4v) is 3.33. The van der Waals surface area contributed by atoms with Gasteiger partial charge in [-0.25, -0.2) is 0 Å². The summed E-state index contributed by atoms with van der Waals surface area (Å²) in [5.41, 5.74) is 0.0795. The molecule has 7 nitrogen and oxygen atoms in total. The number of guanidine groups is 1. The van der Waals surface area contributed by atoms with Gasteiger partial charge in [0.05, 0.1) is 6.10 Å². The lowest BCUT2D eigenvalue weighted by Gasteiger charge is -2.30. The maximum atomic E-state index is 5.59. The first-order valence-corrected chi connectivity index (χ1v) is 10.9. The standard InChI is InChI=1S/C19H38N6OS/c1-14(2)13-25-16(23-24-18(25)27-8)10-9-11-21-17(20-6)22-12-15(26-7)19(3,4)5/h14-15H,9-13H2,1-8H3,(H2,20,21,22). The van der Waals surface area contributed by atoms with Gasteiger partial charge in [0.1, 0.15) is 5.82 Å². The fourth-order valence-electron chi connectivity index (χ4n) is 2.81. The van der Waals surface area contributed by atoms with Crippen LogP contribution in [0.15, 0.2) is 10.1 Å². The molecule has 0 radical (unpaired) electrons. The molecule has 1 aromatic rings. The summed E-state index contributed by atoms with van der Waals surface area (Å²) in [6.45, 7) is 13.5. The van der Waals surface area contributed by atoms with Gasteiger partial charge in [-0.05, 0) is 24.0 Å². The quantitative estimate of drug-likeness (QED) is 0.273. The Kier molecular flexibility index (Phi) is 10.2. The van der Waals surface area contributed by atoms with Crippen LogP contribution in [0, 0.1) is 11.3 Å². The molecule has 0 bridgehead atoms. The summed E-state index contributed by atoms with van der Waals surface area (Å²) < 4.78 is 7.83. The minimum Gasteiger partial charge on any atom is -0.379 e. The summed E-state index contributed by atoms with van der Waals surface area (Å²) in [5, 5.41) is 16.4. The number of nitrogens with one attached hydrogen (secondary N) is 2. The Bertz CT molecular complexity index is 579. The summed E-state index contributed by atoms with van der Waals surface area (Å²) in [7, 11) is 3.54. The van der Waals surface area contributed by atoms with Crippen LogP contribution >= 0.6 is 11.8 Å². The third-order valence-electron chi connectivity index (χ3n) is 4.32. The van der Waals surface area contributed by atoms with Crippen LogP contribution in [0.3, 0.4) is 0 Å². The summed E-state index contributed by atoms with van der Waals surface area (Å²) in [6.07, 6.45) is 4.04. The number of rotatable bonds is 10. The van der Waals surface area contributed by atoms with Crippen LogP contribution in [-0.4, -0.2) is 60.3 Å². The van der Waals surface area contributed by atoms with E-state index >= 15 is 0 Å². The molecule has 0 aliphatic rings. The Morgan fingerprint density at radius 2 is 1.96 bits per heavy atom. The maximum Gasteiger partial charge on any atom is 0.191 e. The molecule has 0 spiro atoms. The number of hydrogen-bond acceptors (Lipinski definition) is 5. The molecule has 0 aliphatic heterocycles. The third-order valence-corrected chi connectivity index (χ3v) is 4.99. The number of nitrogens with zero attached hydrogens (tertiary/aromatic N) is 4. The molecule has 156 valence electrons. The zero-order chi connectivity index (χ0) is 20.4. The molecule has 27 heavy (non-hydrogen) atoms. The Morgan fingerprint density at radius 1 is 1.26 bits per heavy atom. The van der Waals surface area contributed by atoms with E-state index in [9.17, 15) is 0 Å². The molecular formula is C19H38N6OS. The predicted molar refractivity (Wildman–Crippen MR) is 115 cm³/mol. The highest BCUT2D eigenvalue weighted by atomic mass is 32.2. The van der Waals surface area contributed by atoms with Crippen molar-refractivity contribution >= 4 is 17.7 Å². The van der Waals surface area contributed by atoms with Gasteiger partial charge in [0, 0.05) is 40.2 Å². The number of thioether (sulfide) groups is 1. The van der Waals surface area contributed by atoms with Crippen molar-refractivity contribution in [3.05, 3.63) is 5.82 Å². The maximum absolute atomic E-state index is 5.59. The van der Waals surface area contributed by atoms with E-state index in [1.54, 1.807) is 25.9 Å². The highest BCUT2D eigenvalue weighted by Gasteiger charge is 2.24. The monoisotopic (exact) mass is 398 g/mol. The number of methoxy groups -OCH3 is 1. The highest BCUT2D eigenvalue weighted by Crippen LogP contribution is 2.21. The molecule has 1 rings (SSSR count). The molecular weight excluding hydrogens is 360 g/mol. The second-order valence-corrected chi connectivity index (χ2v) is 8.95. The van der Waals surface area contributed by atoms with Crippen molar-refractivity contribution in [1.82, 2.24) is 25.4 Å². The van der Waals surface area contributed by atoms with Gasteiger partial charge < -0.3 is 19.9 Å². The van der Waals surface area contributed by atoms with E-state index in [-0.39, 0.29) is 11.5 Å². The van der Waals surface area contributed by atoms with Crippen LogP contribution in [0.4, 0.5) is 0 Å². The van der Waals surface area contributed by atoms with Crippen molar-refractivity contribution in [3.63, 3.8) is 0 Å². The largest absolute Gasteiger partial charge is 0.379 e. The second-order valence-electron chi connectivity index (χ2n) is 8.18. The first-order chi connectivity index (χ1) is 12.7. The van der Waals surface area contributed by atoms with E-state index in [2.05, 4.69) is 65.0 Å². The topological polar surface area (TPSA) is 76.4 Å². The zero-order valence-corrected chi connectivity index (χ0v) is 19.1. The lowest BCUT2D eigenvalue weighted by molar-refractivity contribution is 0.0205. The van der Waals surface area contributed by atoms with Crippen LogP contribution < -0.4 is 10.6 Å². The van der Waals surface area contributed by atoms with Crippen LogP contribution in [0.1, 0.15) is 46.9 Å². The molecule has 0 saturated carbocycles. The van der Waals surface area contributed by atoms with E-state index in [1.165, 1.54) is 0 Å². The Labute approximate surface area is 169 Å². The van der Waals surface area contributed by atoms with Crippen molar-refractivity contribution in [1.29, 1.82) is 0 Å². The lowest BCUT2D eigenvalue weighted by Crippen LogP contribution is -2.45. The van der Waals surface area contributed by atoms with Gasteiger partial charge in [0.25, 0.3) is 0 Å². The number of ether oxygens (including phenoxy) is 1. The van der Waals surface area contributed by atoms with E-state index in [0.29, 0.717) is 5.92 Å². The molecule has 0 saturated heterocycles. The zero-order valence-electron chi connectivity index (χ0n) is 18.3. The van der Waals surface area contributed by atoms with Crippen molar-refractivity contribution in [2.75, 3.05) is 33.5 Å². The third kappa shape index (κ3) is 8.09. The summed E-state index contributed by atoms with van der Waals surface area (Å²) in [6, 6.07) is 0. The predicted octanol–water partition coefficient (Wildman–Crippen LogP) is 2.81. The molecule has 1 aromatic heterocycles. The number of aryl methyl sites for hydroxylation is 1. The van der Waals surface area contributed by atoms with Gasteiger partial charge in [-0.1, -0.05) is 46.4 Å². The van der Waals surface area contributed by atoms with Gasteiger partial charge in [-0.3, -0.25) is 4.99 Å². The average Bonchev–Trinajstić information content (AvgIpc) is 2.97. The lowest BCUT2D eigenvalue weighted by atomic mass is 9.89. The van der Waals surface area contributed by atoms with Crippen LogP contribution in [-0.2, 0) is 17.7 Å². The molecule has 2 N–H and O–H groups in total. The van der Waals surface area contributed by atoms with Crippen molar-refractivity contribution in [3.8, 4) is 0 Å². The average molecular weight is 399 g/mol. The molecule has 1 atom stereocenters. The number of aliphatic imine (C=N–C) groups is 1. The molecule has 0 aromatic carbocycles. The highest BCUT2D eigenvalue weighted by molar-refractivity contribution is 7.98. The first-order valence-electron chi connectivity index (χ1n) is 9.66. The van der Waals surface area contributed by atoms with Crippen LogP contribution in [0.25, 0.3) is 0 Å². The van der Waals surface area contributed by atoms with Gasteiger partial charge in [-0.2, -0.15) is 0 Å². The smallest absolute Gasteiger partial charge is 0.191 e. The summed E-state index contributed by atoms with van der Waals surface area (Å²) >= 11 is 1.65. The number of hydrogen-bond donors (Lipinski definition) is 2. The summed E-state index contributed by atoms with van der Waals surface area (Å²) in [4.78, 5) is 4.30. The SMILES string of the molecule is CN=C(NCCCc1nnc(SC)n1CC(C)C)NCC(OC)C(C)(C)C. The molecule has 1 unspecified atom stereocenters. The van der Waals surface area contributed by atoms with Gasteiger partial charge in [0.15, 0.2) is 11.1 Å². The molecule has 0 fully saturated rings. The number of aromatic nitrogens is 3. The van der Waals surface area contributed by atoms with Crippen molar-refractivity contribution in [2.24, 2.45) is 16.3 Å². The molecule has 0 amide bonds. The fraction of sp³-hybridized carbons (Fsp3) is 0.842. The normalized spacial score (nSPS) is 13.9. The molecule has 8 heteroatoms. The summed E-state index contributed by atoms with van der Waals surface area (Å²) in [5.74, 6) is 2.43. The van der Waals surface area contributed by atoms with E-state index < -0.39 is 0 Å². The molecule has 0 aliphatic carbocycles. The minimum atomic E-state index is 0.0795. The van der Waals surface area contributed by atoms with Crippen molar-refractivity contribution in [2.45, 2.75) is 65.3 Å². The molecule has 1 heterocycles. The Hall–Kier alpha value is -1.28. The first kappa shape index (κ1) is 23.8. The van der Waals surface area contributed by atoms with Crippen molar-refractivity contribution < 1.29 is 4.74 Å². The van der Waals surface area contributed by atoms with Crippen LogP contribution in [0.2, 0.25) is 0 Å². The van der Waals surface area contributed by atoms with Crippen LogP contribution in [0.5, 0.6) is 0 Å². The Balaban J connectivity index is 2.47. The van der Waals surface area contributed by atoms with E-state index in [4.69, 9.17) is 4.74 Å². The second kappa shape index (κ2) is 11.5. The minimum absolute atomic E-state index is 0.0795. The van der Waals surface area contributed by atoms with E-state index in [1.807, 2.05) is 6.26 Å². The van der Waals surface area contributed by atoms with Gasteiger partial charge >= 0.3 is 0 Å². The van der Waals surface area contributed by atoms with Gasteiger partial charge in [-0.15, -0.1) is 10.2 Å².